The van der Waals surface area contributed by atoms with Gasteiger partial charge in [0, 0.05) is 24.0 Å². The van der Waals surface area contributed by atoms with Crippen LogP contribution in [0.1, 0.15) is 37.6 Å². The summed E-state index contributed by atoms with van der Waals surface area (Å²) in [4.78, 5) is 4.04. The number of thiophene rings is 1. The average Bonchev–Trinajstić information content (AvgIpc) is 2.96. The van der Waals surface area contributed by atoms with E-state index in [1.807, 2.05) is 11.3 Å². The van der Waals surface area contributed by atoms with Crippen molar-refractivity contribution in [2.24, 2.45) is 5.92 Å². The van der Waals surface area contributed by atoms with Gasteiger partial charge in [-0.3, -0.25) is 0 Å². The lowest BCUT2D eigenvalue weighted by Gasteiger charge is -2.23. The fourth-order valence-corrected chi connectivity index (χ4v) is 3.49. The van der Waals surface area contributed by atoms with Gasteiger partial charge in [-0.2, -0.15) is 0 Å². The Bertz CT molecular complexity index is 302. The van der Waals surface area contributed by atoms with Crippen LogP contribution in [0, 0.1) is 5.92 Å². The van der Waals surface area contributed by atoms with Crippen molar-refractivity contribution in [3.05, 3.63) is 22.4 Å². The van der Waals surface area contributed by atoms with E-state index in [0.29, 0.717) is 12.0 Å². The number of hydrogen-bond donors (Lipinski definition) is 1. The fourth-order valence-electron chi connectivity index (χ4n) is 2.52. The van der Waals surface area contributed by atoms with Crippen LogP contribution in [-0.2, 0) is 0 Å². The standard InChI is InChI=1S/C14H24N2S/c1-12(2)14(13-6-5-11-17-13)15-7-10-16-8-3-4-9-16/h5-6,11-12,14-15H,3-4,7-10H2,1-2H3. The van der Waals surface area contributed by atoms with Gasteiger partial charge < -0.3 is 10.2 Å². The molecule has 0 amide bonds. The smallest absolute Gasteiger partial charge is 0.0438 e. The third kappa shape index (κ3) is 3.80. The highest BCUT2D eigenvalue weighted by atomic mass is 32.1. The first-order valence-corrected chi connectivity index (χ1v) is 7.64. The maximum Gasteiger partial charge on any atom is 0.0438 e. The van der Waals surface area contributed by atoms with Crippen molar-refractivity contribution in [3.63, 3.8) is 0 Å². The van der Waals surface area contributed by atoms with Crippen LogP contribution in [0.4, 0.5) is 0 Å². The zero-order chi connectivity index (χ0) is 12.1. The van der Waals surface area contributed by atoms with Gasteiger partial charge >= 0.3 is 0 Å². The Morgan fingerprint density at radius 3 is 2.71 bits per heavy atom. The predicted octanol–water partition coefficient (Wildman–Crippen LogP) is 3.13. The molecule has 17 heavy (non-hydrogen) atoms. The van der Waals surface area contributed by atoms with E-state index >= 15 is 0 Å². The second-order valence-corrected chi connectivity index (χ2v) is 6.22. The van der Waals surface area contributed by atoms with Gasteiger partial charge in [0.1, 0.15) is 0 Å². The Kier molecular flexibility index (Phi) is 5.01. The second-order valence-electron chi connectivity index (χ2n) is 5.24. The van der Waals surface area contributed by atoms with Crippen molar-refractivity contribution in [1.82, 2.24) is 10.2 Å². The first kappa shape index (κ1) is 13.1. The highest BCUT2D eigenvalue weighted by molar-refractivity contribution is 7.10. The summed E-state index contributed by atoms with van der Waals surface area (Å²) >= 11 is 1.87. The molecule has 0 aliphatic carbocycles. The van der Waals surface area contributed by atoms with E-state index in [4.69, 9.17) is 0 Å². The summed E-state index contributed by atoms with van der Waals surface area (Å²) in [6, 6.07) is 4.92. The van der Waals surface area contributed by atoms with E-state index in [-0.39, 0.29) is 0 Å². The van der Waals surface area contributed by atoms with Crippen LogP contribution in [0.15, 0.2) is 17.5 Å². The van der Waals surface area contributed by atoms with Gasteiger partial charge in [0.25, 0.3) is 0 Å². The molecule has 1 atom stereocenters. The van der Waals surface area contributed by atoms with E-state index < -0.39 is 0 Å². The Hall–Kier alpha value is -0.380. The Morgan fingerprint density at radius 2 is 2.12 bits per heavy atom. The lowest BCUT2D eigenvalue weighted by Crippen LogP contribution is -2.33. The topological polar surface area (TPSA) is 15.3 Å². The van der Waals surface area contributed by atoms with Crippen LogP contribution in [-0.4, -0.2) is 31.1 Å². The quantitative estimate of drug-likeness (QED) is 0.837. The van der Waals surface area contributed by atoms with Crippen LogP contribution in [0.25, 0.3) is 0 Å². The first-order valence-electron chi connectivity index (χ1n) is 6.76. The summed E-state index contributed by atoms with van der Waals surface area (Å²) < 4.78 is 0. The SMILES string of the molecule is CC(C)C(NCCN1CCCC1)c1cccs1. The minimum absolute atomic E-state index is 0.526. The van der Waals surface area contributed by atoms with Crippen molar-refractivity contribution < 1.29 is 0 Å². The van der Waals surface area contributed by atoms with Crippen LogP contribution < -0.4 is 5.32 Å². The molecule has 0 saturated carbocycles. The highest BCUT2D eigenvalue weighted by Crippen LogP contribution is 2.25. The van der Waals surface area contributed by atoms with Gasteiger partial charge in [0.2, 0.25) is 0 Å². The summed E-state index contributed by atoms with van der Waals surface area (Å²) in [5.41, 5.74) is 0. The minimum Gasteiger partial charge on any atom is -0.308 e. The Morgan fingerprint density at radius 1 is 1.35 bits per heavy atom. The molecule has 1 fully saturated rings. The molecule has 0 radical (unpaired) electrons. The van der Waals surface area contributed by atoms with Crippen molar-refractivity contribution >= 4 is 11.3 Å². The van der Waals surface area contributed by atoms with Crippen LogP contribution in [0.2, 0.25) is 0 Å². The van der Waals surface area contributed by atoms with Gasteiger partial charge in [-0.15, -0.1) is 11.3 Å². The summed E-state index contributed by atoms with van der Waals surface area (Å²) in [5, 5.41) is 5.89. The Labute approximate surface area is 109 Å². The van der Waals surface area contributed by atoms with Gasteiger partial charge in [-0.1, -0.05) is 19.9 Å². The van der Waals surface area contributed by atoms with Crippen LogP contribution in [0.3, 0.4) is 0 Å². The van der Waals surface area contributed by atoms with E-state index in [1.54, 1.807) is 0 Å². The third-order valence-electron chi connectivity index (χ3n) is 3.51. The first-order chi connectivity index (χ1) is 8.27. The summed E-state index contributed by atoms with van der Waals surface area (Å²) in [6.45, 7) is 9.51. The van der Waals surface area contributed by atoms with Crippen LogP contribution in [0.5, 0.6) is 0 Å². The van der Waals surface area contributed by atoms with E-state index in [9.17, 15) is 0 Å². The average molecular weight is 252 g/mol. The van der Waals surface area contributed by atoms with Gasteiger partial charge in [0.05, 0.1) is 0 Å². The lowest BCUT2D eigenvalue weighted by atomic mass is 10.0. The molecule has 96 valence electrons. The molecular weight excluding hydrogens is 228 g/mol. The molecule has 3 heteroatoms. The molecule has 1 aromatic rings. The molecule has 0 spiro atoms. The molecule has 0 bridgehead atoms. The molecule has 1 aromatic heterocycles. The molecule has 1 N–H and O–H groups in total. The van der Waals surface area contributed by atoms with Crippen molar-refractivity contribution in [2.75, 3.05) is 26.2 Å². The maximum absolute atomic E-state index is 3.72. The number of nitrogens with one attached hydrogen (secondary N) is 1. The molecule has 0 aromatic carbocycles. The maximum atomic E-state index is 3.72. The highest BCUT2D eigenvalue weighted by Gasteiger charge is 2.17. The van der Waals surface area contributed by atoms with Gasteiger partial charge in [-0.05, 0) is 43.3 Å². The molecule has 1 unspecified atom stereocenters. The van der Waals surface area contributed by atoms with Crippen molar-refractivity contribution in [3.8, 4) is 0 Å². The van der Waals surface area contributed by atoms with Crippen molar-refractivity contribution in [2.45, 2.75) is 32.7 Å². The molecule has 2 nitrogen and oxygen atoms in total. The Balaban J connectivity index is 1.78. The number of nitrogens with zero attached hydrogens (tertiary/aromatic N) is 1. The molecule has 1 aliphatic rings. The zero-order valence-corrected chi connectivity index (χ0v) is 11.8. The van der Waals surface area contributed by atoms with E-state index in [2.05, 4.69) is 41.6 Å². The lowest BCUT2D eigenvalue weighted by molar-refractivity contribution is 0.315. The van der Waals surface area contributed by atoms with E-state index in [1.165, 1.54) is 37.4 Å². The van der Waals surface area contributed by atoms with Crippen molar-refractivity contribution in [1.29, 1.82) is 0 Å². The summed E-state index contributed by atoms with van der Waals surface area (Å²) in [6.07, 6.45) is 2.77. The monoisotopic (exact) mass is 252 g/mol. The fraction of sp³-hybridized carbons (Fsp3) is 0.714. The molecule has 2 heterocycles. The minimum atomic E-state index is 0.526. The summed E-state index contributed by atoms with van der Waals surface area (Å²) in [5.74, 6) is 0.659. The zero-order valence-electron chi connectivity index (χ0n) is 11.0. The van der Waals surface area contributed by atoms with Gasteiger partial charge in [-0.25, -0.2) is 0 Å². The molecule has 2 rings (SSSR count). The van der Waals surface area contributed by atoms with Crippen LogP contribution >= 0.6 is 11.3 Å². The number of rotatable bonds is 6. The number of hydrogen-bond acceptors (Lipinski definition) is 3. The third-order valence-corrected chi connectivity index (χ3v) is 4.46. The number of likely N-dealkylation sites (tertiary alicyclic amines) is 1. The second kappa shape index (κ2) is 6.53. The van der Waals surface area contributed by atoms with E-state index in [0.717, 1.165) is 6.54 Å². The molecule has 1 saturated heterocycles. The normalized spacial score (nSPS) is 19.0. The van der Waals surface area contributed by atoms with Gasteiger partial charge in [0.15, 0.2) is 0 Å². The summed E-state index contributed by atoms with van der Waals surface area (Å²) in [7, 11) is 0. The molecule has 1 aliphatic heterocycles. The largest absolute Gasteiger partial charge is 0.308 e. The predicted molar refractivity (Wildman–Crippen MR) is 75.6 cm³/mol. The molecular formula is C14H24N2S.